The predicted octanol–water partition coefficient (Wildman–Crippen LogP) is 3.01. The van der Waals surface area contributed by atoms with E-state index in [9.17, 15) is 0 Å². The molecule has 1 aromatic rings. The number of unbranched alkanes of at least 4 members (excludes halogenated alkanes) is 1. The average molecular weight is 504 g/mol. The van der Waals surface area contributed by atoms with Crippen LogP contribution in [0.1, 0.15) is 37.8 Å². The summed E-state index contributed by atoms with van der Waals surface area (Å²) in [6.45, 7) is 12.9. The lowest BCUT2D eigenvalue weighted by Crippen LogP contribution is -2.38. The van der Waals surface area contributed by atoms with E-state index in [1.54, 1.807) is 0 Å². The van der Waals surface area contributed by atoms with Gasteiger partial charge >= 0.3 is 0 Å². The van der Waals surface area contributed by atoms with Crippen LogP contribution in [0.15, 0.2) is 29.3 Å². The van der Waals surface area contributed by atoms with Crippen molar-refractivity contribution in [2.45, 2.75) is 39.8 Å². The number of halogens is 1. The maximum Gasteiger partial charge on any atom is 0.191 e. The Bertz CT molecular complexity index is 551. The van der Waals surface area contributed by atoms with Crippen molar-refractivity contribution in [3.63, 3.8) is 0 Å². The zero-order valence-corrected chi connectivity index (χ0v) is 19.7. The van der Waals surface area contributed by atoms with Gasteiger partial charge in [0, 0.05) is 45.9 Å². The molecule has 160 valence electrons. The van der Waals surface area contributed by atoms with Crippen LogP contribution in [0, 0.1) is 0 Å². The molecule has 0 amide bonds. The number of morpholine rings is 1. The third kappa shape index (κ3) is 10.0. The first-order chi connectivity index (χ1) is 13.3. The summed E-state index contributed by atoms with van der Waals surface area (Å²) in [5.41, 5.74) is 2.65. The molecule has 1 aromatic carbocycles. The molecule has 2 N–H and O–H groups in total. The van der Waals surface area contributed by atoms with Gasteiger partial charge in [-0.15, -0.1) is 24.0 Å². The van der Waals surface area contributed by atoms with Gasteiger partial charge < -0.3 is 20.1 Å². The molecule has 0 saturated carbocycles. The second kappa shape index (κ2) is 16.0. The van der Waals surface area contributed by atoms with Gasteiger partial charge in [0.25, 0.3) is 0 Å². The first-order valence-corrected chi connectivity index (χ1v) is 10.3. The standard InChI is InChI=1S/C21H36N4O2.HI/c1-3-22-21(23-11-7-8-14-26-4-2)24-17-19-9-5-6-10-20(19)18-25-12-15-27-16-13-25;/h5-6,9-10H,3-4,7-8,11-18H2,1-2H3,(H2,22,23,24);1H. The summed E-state index contributed by atoms with van der Waals surface area (Å²) in [6.07, 6.45) is 2.15. The SMILES string of the molecule is CCNC(=NCc1ccccc1CN1CCOCC1)NCCCCOCC.I. The molecule has 1 aliphatic heterocycles. The lowest BCUT2D eigenvalue weighted by Gasteiger charge is -2.27. The maximum atomic E-state index is 5.45. The van der Waals surface area contributed by atoms with Gasteiger partial charge in [0.2, 0.25) is 0 Å². The molecule has 2 rings (SSSR count). The van der Waals surface area contributed by atoms with E-state index in [1.165, 1.54) is 11.1 Å². The van der Waals surface area contributed by atoms with Gasteiger partial charge in [-0.1, -0.05) is 24.3 Å². The summed E-state index contributed by atoms with van der Waals surface area (Å²) in [4.78, 5) is 7.24. The zero-order valence-electron chi connectivity index (χ0n) is 17.4. The van der Waals surface area contributed by atoms with Crippen LogP contribution >= 0.6 is 24.0 Å². The van der Waals surface area contributed by atoms with Crippen LogP contribution in [0.3, 0.4) is 0 Å². The molecule has 1 fully saturated rings. The minimum Gasteiger partial charge on any atom is -0.382 e. The van der Waals surface area contributed by atoms with Crippen molar-refractivity contribution in [1.82, 2.24) is 15.5 Å². The summed E-state index contributed by atoms with van der Waals surface area (Å²) < 4.78 is 10.8. The van der Waals surface area contributed by atoms with Gasteiger partial charge in [0.1, 0.15) is 0 Å². The Kier molecular flexibility index (Phi) is 14.3. The second-order valence-electron chi connectivity index (χ2n) is 6.68. The minimum atomic E-state index is 0. The zero-order chi connectivity index (χ0) is 19.2. The molecule has 0 spiro atoms. The molecule has 1 saturated heterocycles. The van der Waals surface area contributed by atoms with Crippen LogP contribution in [0.4, 0.5) is 0 Å². The first-order valence-electron chi connectivity index (χ1n) is 10.3. The fourth-order valence-corrected chi connectivity index (χ4v) is 3.05. The smallest absolute Gasteiger partial charge is 0.191 e. The molecule has 0 aliphatic carbocycles. The molecular weight excluding hydrogens is 467 g/mol. The van der Waals surface area contributed by atoms with Crippen molar-refractivity contribution in [3.8, 4) is 0 Å². The first kappa shape index (κ1) is 25.1. The normalized spacial score (nSPS) is 15.1. The minimum absolute atomic E-state index is 0. The number of benzene rings is 1. The van der Waals surface area contributed by atoms with E-state index in [4.69, 9.17) is 14.5 Å². The van der Waals surface area contributed by atoms with Gasteiger partial charge in [-0.2, -0.15) is 0 Å². The monoisotopic (exact) mass is 504 g/mol. The molecular formula is C21H37IN4O2. The Morgan fingerprint density at radius 2 is 1.86 bits per heavy atom. The Morgan fingerprint density at radius 3 is 2.57 bits per heavy atom. The van der Waals surface area contributed by atoms with Crippen LogP contribution in [0.2, 0.25) is 0 Å². The predicted molar refractivity (Wildman–Crippen MR) is 126 cm³/mol. The highest BCUT2D eigenvalue weighted by Gasteiger charge is 2.12. The topological polar surface area (TPSA) is 58.1 Å². The highest BCUT2D eigenvalue weighted by Crippen LogP contribution is 2.14. The van der Waals surface area contributed by atoms with E-state index >= 15 is 0 Å². The van der Waals surface area contributed by atoms with Crippen LogP contribution in [-0.2, 0) is 22.6 Å². The van der Waals surface area contributed by atoms with Gasteiger partial charge in [-0.05, 0) is 37.8 Å². The number of hydrogen-bond donors (Lipinski definition) is 2. The second-order valence-corrected chi connectivity index (χ2v) is 6.68. The molecule has 0 bridgehead atoms. The molecule has 7 heteroatoms. The number of aliphatic imine (C=N–C) groups is 1. The van der Waals surface area contributed by atoms with E-state index in [0.29, 0.717) is 6.54 Å². The van der Waals surface area contributed by atoms with Gasteiger partial charge in [0.15, 0.2) is 5.96 Å². The van der Waals surface area contributed by atoms with E-state index in [2.05, 4.69) is 46.7 Å². The summed E-state index contributed by atoms with van der Waals surface area (Å²) in [7, 11) is 0. The van der Waals surface area contributed by atoms with Crippen molar-refractivity contribution >= 4 is 29.9 Å². The number of nitrogens with zero attached hydrogens (tertiary/aromatic N) is 2. The molecule has 0 atom stereocenters. The summed E-state index contributed by atoms with van der Waals surface area (Å²) in [5.74, 6) is 0.884. The quantitative estimate of drug-likeness (QED) is 0.210. The van der Waals surface area contributed by atoms with Crippen LogP contribution < -0.4 is 10.6 Å². The fourth-order valence-electron chi connectivity index (χ4n) is 3.05. The Labute approximate surface area is 187 Å². The third-order valence-corrected chi connectivity index (χ3v) is 4.58. The molecule has 28 heavy (non-hydrogen) atoms. The Morgan fingerprint density at radius 1 is 1.11 bits per heavy atom. The largest absolute Gasteiger partial charge is 0.382 e. The van der Waals surface area contributed by atoms with E-state index in [1.807, 2.05) is 6.92 Å². The molecule has 0 aromatic heterocycles. The molecule has 0 radical (unpaired) electrons. The molecule has 1 heterocycles. The lowest BCUT2D eigenvalue weighted by molar-refractivity contribution is 0.0341. The number of rotatable bonds is 11. The Balaban J connectivity index is 0.00000392. The van der Waals surface area contributed by atoms with Gasteiger partial charge in [-0.25, -0.2) is 4.99 Å². The van der Waals surface area contributed by atoms with Crippen LogP contribution in [0.25, 0.3) is 0 Å². The highest BCUT2D eigenvalue weighted by atomic mass is 127. The van der Waals surface area contributed by atoms with Crippen molar-refractivity contribution < 1.29 is 9.47 Å². The van der Waals surface area contributed by atoms with Gasteiger partial charge in [0.05, 0.1) is 19.8 Å². The van der Waals surface area contributed by atoms with Crippen LogP contribution in [0.5, 0.6) is 0 Å². The highest BCUT2D eigenvalue weighted by molar-refractivity contribution is 14.0. The number of ether oxygens (including phenoxy) is 2. The van der Waals surface area contributed by atoms with E-state index in [0.717, 1.165) is 78.0 Å². The van der Waals surface area contributed by atoms with Gasteiger partial charge in [-0.3, -0.25) is 4.90 Å². The summed E-state index contributed by atoms with van der Waals surface area (Å²) in [5, 5.41) is 6.76. The lowest BCUT2D eigenvalue weighted by atomic mass is 10.1. The molecule has 0 unspecified atom stereocenters. The number of guanidine groups is 1. The van der Waals surface area contributed by atoms with E-state index < -0.39 is 0 Å². The maximum absolute atomic E-state index is 5.45. The summed E-state index contributed by atoms with van der Waals surface area (Å²) >= 11 is 0. The molecule has 1 aliphatic rings. The van der Waals surface area contributed by atoms with Crippen LogP contribution in [-0.4, -0.2) is 63.5 Å². The molecule has 6 nitrogen and oxygen atoms in total. The Hall–Kier alpha value is -0.900. The summed E-state index contributed by atoms with van der Waals surface area (Å²) in [6, 6.07) is 8.62. The van der Waals surface area contributed by atoms with Crippen molar-refractivity contribution in [3.05, 3.63) is 35.4 Å². The average Bonchev–Trinajstić information content (AvgIpc) is 2.70. The number of nitrogens with one attached hydrogen (secondary N) is 2. The van der Waals surface area contributed by atoms with E-state index in [-0.39, 0.29) is 24.0 Å². The van der Waals surface area contributed by atoms with Crippen molar-refractivity contribution in [2.24, 2.45) is 4.99 Å². The van der Waals surface area contributed by atoms with Crippen molar-refractivity contribution in [2.75, 3.05) is 52.6 Å². The third-order valence-electron chi connectivity index (χ3n) is 4.58. The van der Waals surface area contributed by atoms with Crippen molar-refractivity contribution in [1.29, 1.82) is 0 Å². The fraction of sp³-hybridized carbons (Fsp3) is 0.667. The number of hydrogen-bond acceptors (Lipinski definition) is 4.